The summed E-state index contributed by atoms with van der Waals surface area (Å²) in [6.45, 7) is 8.22. The zero-order chi connectivity index (χ0) is 16.0. The molecule has 0 fully saturated rings. The minimum atomic E-state index is -0.849. The van der Waals surface area contributed by atoms with Gasteiger partial charge in [-0.05, 0) is 32.1 Å². The quantitative estimate of drug-likeness (QED) is 0.763. The average molecular weight is 295 g/mol. The van der Waals surface area contributed by atoms with Crippen LogP contribution >= 0.6 is 0 Å². The van der Waals surface area contributed by atoms with Gasteiger partial charge in [-0.15, -0.1) is 0 Å². The van der Waals surface area contributed by atoms with Crippen LogP contribution < -0.4 is 0 Å². The van der Waals surface area contributed by atoms with Gasteiger partial charge in [-0.3, -0.25) is 9.59 Å². The Morgan fingerprint density at radius 3 is 2.48 bits per heavy atom. The molecule has 1 unspecified atom stereocenters. The summed E-state index contributed by atoms with van der Waals surface area (Å²) in [5, 5.41) is 9.08. The summed E-state index contributed by atoms with van der Waals surface area (Å²) >= 11 is 0. The van der Waals surface area contributed by atoms with Crippen molar-refractivity contribution in [2.75, 3.05) is 13.1 Å². The van der Waals surface area contributed by atoms with E-state index in [0.29, 0.717) is 13.1 Å². The van der Waals surface area contributed by atoms with Gasteiger partial charge in [0.15, 0.2) is 0 Å². The highest BCUT2D eigenvalue weighted by Crippen LogP contribution is 2.23. The normalized spacial score (nSPS) is 17.0. The Morgan fingerprint density at radius 2 is 2.00 bits per heavy atom. The van der Waals surface area contributed by atoms with Crippen LogP contribution in [0.15, 0.2) is 11.6 Å². The van der Waals surface area contributed by atoms with E-state index in [2.05, 4.69) is 6.08 Å². The molecule has 1 aliphatic rings. The van der Waals surface area contributed by atoms with Crippen molar-refractivity contribution < 1.29 is 14.7 Å². The fraction of sp³-hybridized carbons (Fsp3) is 0.765. The van der Waals surface area contributed by atoms with Gasteiger partial charge in [0.25, 0.3) is 0 Å². The second-order valence-electron chi connectivity index (χ2n) is 7.10. The molecular formula is C17H29NO3. The van der Waals surface area contributed by atoms with Crippen LogP contribution in [0, 0.1) is 11.3 Å². The number of hydrogen-bond donors (Lipinski definition) is 1. The summed E-state index contributed by atoms with van der Waals surface area (Å²) in [7, 11) is 0. The maximum Gasteiger partial charge on any atom is 0.308 e. The summed E-state index contributed by atoms with van der Waals surface area (Å²) in [5.41, 5.74) is 0.940. The lowest BCUT2D eigenvalue weighted by molar-refractivity contribution is -0.145. The molecule has 0 saturated carbocycles. The zero-order valence-corrected chi connectivity index (χ0v) is 13.8. The molecule has 0 bridgehead atoms. The van der Waals surface area contributed by atoms with Gasteiger partial charge in [-0.2, -0.15) is 0 Å². The third-order valence-corrected chi connectivity index (χ3v) is 3.93. The lowest BCUT2D eigenvalue weighted by Crippen LogP contribution is -2.43. The zero-order valence-electron chi connectivity index (χ0n) is 13.8. The first-order chi connectivity index (χ1) is 9.71. The first kappa shape index (κ1) is 17.7. The fourth-order valence-electron chi connectivity index (χ4n) is 2.57. The van der Waals surface area contributed by atoms with E-state index in [-0.39, 0.29) is 5.91 Å². The molecule has 120 valence electrons. The number of amides is 1. The lowest BCUT2D eigenvalue weighted by atomic mass is 9.93. The van der Waals surface area contributed by atoms with Gasteiger partial charge in [0.2, 0.25) is 5.91 Å². The maximum absolute atomic E-state index is 12.5. The monoisotopic (exact) mass is 295 g/mol. The fourth-order valence-corrected chi connectivity index (χ4v) is 2.57. The molecule has 0 aromatic heterocycles. The molecule has 1 atom stereocenters. The molecule has 21 heavy (non-hydrogen) atoms. The van der Waals surface area contributed by atoms with Crippen LogP contribution in [0.2, 0.25) is 0 Å². The van der Waals surface area contributed by atoms with E-state index in [9.17, 15) is 9.59 Å². The molecule has 0 radical (unpaired) electrons. The van der Waals surface area contributed by atoms with E-state index in [1.807, 2.05) is 20.8 Å². The molecule has 1 rings (SSSR count). The minimum absolute atomic E-state index is 0.0343. The van der Waals surface area contributed by atoms with Crippen molar-refractivity contribution in [1.82, 2.24) is 4.90 Å². The number of allylic oxidation sites excluding steroid dienone is 1. The Bertz CT molecular complexity index is 407. The Labute approximate surface area is 128 Å². The Balaban J connectivity index is 2.69. The molecule has 0 spiro atoms. The topological polar surface area (TPSA) is 57.6 Å². The summed E-state index contributed by atoms with van der Waals surface area (Å²) in [4.78, 5) is 25.3. The summed E-state index contributed by atoms with van der Waals surface area (Å²) in [6, 6.07) is 0. The number of aliphatic carboxylic acids is 1. The number of rotatable bonds is 6. The number of carboxylic acids is 1. The van der Waals surface area contributed by atoms with Crippen LogP contribution in [0.25, 0.3) is 0 Å². The van der Waals surface area contributed by atoms with E-state index in [1.165, 1.54) is 18.4 Å². The van der Waals surface area contributed by atoms with Gasteiger partial charge in [-0.25, -0.2) is 0 Å². The van der Waals surface area contributed by atoms with Crippen molar-refractivity contribution in [3.05, 3.63) is 11.6 Å². The molecule has 1 aliphatic carbocycles. The van der Waals surface area contributed by atoms with Crippen molar-refractivity contribution >= 4 is 11.9 Å². The van der Waals surface area contributed by atoms with Crippen LogP contribution in [-0.4, -0.2) is 35.0 Å². The number of nitrogens with zero attached hydrogens (tertiary/aromatic N) is 1. The van der Waals surface area contributed by atoms with Crippen molar-refractivity contribution in [3.63, 3.8) is 0 Å². The molecule has 4 nitrogen and oxygen atoms in total. The van der Waals surface area contributed by atoms with Gasteiger partial charge in [0, 0.05) is 18.5 Å². The smallest absolute Gasteiger partial charge is 0.308 e. The minimum Gasteiger partial charge on any atom is -0.481 e. The second kappa shape index (κ2) is 7.62. The molecule has 1 amide bonds. The van der Waals surface area contributed by atoms with Gasteiger partial charge in [0.1, 0.15) is 0 Å². The largest absolute Gasteiger partial charge is 0.481 e. The van der Waals surface area contributed by atoms with Gasteiger partial charge >= 0.3 is 5.97 Å². The van der Waals surface area contributed by atoms with E-state index < -0.39 is 17.3 Å². The van der Waals surface area contributed by atoms with Gasteiger partial charge in [0.05, 0.1) is 5.92 Å². The highest BCUT2D eigenvalue weighted by molar-refractivity contribution is 5.82. The lowest BCUT2D eigenvalue weighted by Gasteiger charge is -2.31. The van der Waals surface area contributed by atoms with Crippen LogP contribution in [0.1, 0.15) is 59.8 Å². The van der Waals surface area contributed by atoms with Crippen molar-refractivity contribution in [1.29, 1.82) is 0 Å². The highest BCUT2D eigenvalue weighted by Gasteiger charge is 2.29. The molecular weight excluding hydrogens is 266 g/mol. The highest BCUT2D eigenvalue weighted by atomic mass is 16.4. The van der Waals surface area contributed by atoms with E-state index in [1.54, 1.807) is 11.8 Å². The first-order valence-electron chi connectivity index (χ1n) is 7.92. The number of carboxylic acid groups (broad SMARTS) is 1. The molecule has 4 heteroatoms. The van der Waals surface area contributed by atoms with Crippen LogP contribution in [0.5, 0.6) is 0 Å². The average Bonchev–Trinajstić information content (AvgIpc) is 2.42. The van der Waals surface area contributed by atoms with E-state index in [0.717, 1.165) is 19.3 Å². The summed E-state index contributed by atoms with van der Waals surface area (Å²) in [5.74, 6) is -1.35. The molecule has 0 aromatic carbocycles. The van der Waals surface area contributed by atoms with Crippen LogP contribution in [0.4, 0.5) is 0 Å². The number of hydrogen-bond acceptors (Lipinski definition) is 2. The predicted octanol–water partition coefficient (Wildman–Crippen LogP) is 3.47. The molecule has 1 N–H and O–H groups in total. The van der Waals surface area contributed by atoms with Crippen LogP contribution in [-0.2, 0) is 9.59 Å². The molecule has 0 saturated heterocycles. The molecule has 0 heterocycles. The Kier molecular flexibility index (Phi) is 6.43. The van der Waals surface area contributed by atoms with Crippen molar-refractivity contribution in [3.8, 4) is 0 Å². The Hall–Kier alpha value is -1.32. The van der Waals surface area contributed by atoms with Crippen LogP contribution in [0.3, 0.4) is 0 Å². The number of carbonyl (C=O) groups excluding carboxylic acids is 1. The van der Waals surface area contributed by atoms with Gasteiger partial charge < -0.3 is 10.0 Å². The van der Waals surface area contributed by atoms with E-state index >= 15 is 0 Å². The standard InChI is InChI=1S/C17H29NO3/c1-13(15(19)20)12-18(16(21)17(2,3)4)11-10-14-8-6-5-7-9-14/h8,13H,5-7,9-12H2,1-4H3,(H,19,20). The molecule has 0 aliphatic heterocycles. The molecule has 0 aromatic rings. The SMILES string of the molecule is CC(CN(CCC1=CCCCC1)C(=O)C(C)(C)C)C(=O)O. The van der Waals surface area contributed by atoms with Crippen molar-refractivity contribution in [2.24, 2.45) is 11.3 Å². The number of carbonyl (C=O) groups is 2. The Morgan fingerprint density at radius 1 is 1.33 bits per heavy atom. The third-order valence-electron chi connectivity index (χ3n) is 3.93. The third kappa shape index (κ3) is 5.90. The first-order valence-corrected chi connectivity index (χ1v) is 7.92. The predicted molar refractivity (Wildman–Crippen MR) is 84.0 cm³/mol. The maximum atomic E-state index is 12.5. The van der Waals surface area contributed by atoms with Gasteiger partial charge in [-0.1, -0.05) is 39.3 Å². The summed E-state index contributed by atoms with van der Waals surface area (Å²) in [6.07, 6.45) is 7.88. The van der Waals surface area contributed by atoms with Crippen molar-refractivity contribution in [2.45, 2.75) is 59.8 Å². The second-order valence-corrected chi connectivity index (χ2v) is 7.10. The van der Waals surface area contributed by atoms with E-state index in [4.69, 9.17) is 5.11 Å². The summed E-state index contributed by atoms with van der Waals surface area (Å²) < 4.78 is 0.